The molecule has 0 atom stereocenters. The van der Waals surface area contributed by atoms with Gasteiger partial charge in [0.15, 0.2) is 0 Å². The van der Waals surface area contributed by atoms with Gasteiger partial charge in [-0.15, -0.1) is 11.8 Å². The number of aromatic nitrogens is 2. The second-order valence-corrected chi connectivity index (χ2v) is 5.12. The molecule has 0 radical (unpaired) electrons. The van der Waals surface area contributed by atoms with Crippen LogP contribution in [0, 0.1) is 0 Å². The highest BCUT2D eigenvalue weighted by Gasteiger charge is 2.18. The molecule has 82 valence electrons. The van der Waals surface area contributed by atoms with Gasteiger partial charge in [-0.2, -0.15) is 0 Å². The van der Waals surface area contributed by atoms with Crippen LogP contribution in [0.2, 0.25) is 0 Å². The molecule has 3 aliphatic heterocycles. The van der Waals surface area contributed by atoms with Gasteiger partial charge in [-0.05, 0) is 12.1 Å². The zero-order chi connectivity index (χ0) is 11.2. The van der Waals surface area contributed by atoms with E-state index in [9.17, 15) is 0 Å². The van der Waals surface area contributed by atoms with Crippen LogP contribution in [0.4, 0.5) is 0 Å². The summed E-state index contributed by atoms with van der Waals surface area (Å²) in [6.07, 6.45) is 6.41. The molecule has 0 N–H and O–H groups in total. The van der Waals surface area contributed by atoms with Crippen molar-refractivity contribution < 1.29 is 0 Å². The number of pyridine rings is 1. The van der Waals surface area contributed by atoms with Crippen molar-refractivity contribution >= 4 is 28.9 Å². The van der Waals surface area contributed by atoms with Crippen LogP contribution < -0.4 is 0 Å². The van der Waals surface area contributed by atoms with Gasteiger partial charge in [0.05, 0.1) is 5.52 Å². The molecule has 0 spiro atoms. The molecule has 3 heterocycles. The lowest BCUT2D eigenvalue weighted by atomic mass is 10.1. The second kappa shape index (κ2) is 3.37. The number of para-hydroxylation sites is 1. The van der Waals surface area contributed by atoms with E-state index >= 15 is 0 Å². The Morgan fingerprint density at radius 2 is 2.12 bits per heavy atom. The van der Waals surface area contributed by atoms with Crippen LogP contribution in [0.1, 0.15) is 0 Å². The predicted octanol–water partition coefficient (Wildman–Crippen LogP) is 3.72. The molecule has 1 aromatic rings. The largest absolute Gasteiger partial charge is 0.317 e. The fourth-order valence-corrected chi connectivity index (χ4v) is 3.23. The summed E-state index contributed by atoms with van der Waals surface area (Å²) in [5, 5.41) is 2.50. The van der Waals surface area contributed by atoms with E-state index in [0.717, 1.165) is 17.0 Å². The number of nitrogens with zero attached hydrogens (tertiary/aromatic N) is 2. The Balaban J connectivity index is 2.15. The van der Waals surface area contributed by atoms with Crippen molar-refractivity contribution in [2.75, 3.05) is 5.75 Å². The molecule has 0 saturated heterocycles. The first-order valence-electron chi connectivity index (χ1n) is 5.62. The van der Waals surface area contributed by atoms with Gasteiger partial charge in [-0.1, -0.05) is 24.3 Å². The summed E-state index contributed by atoms with van der Waals surface area (Å²) < 4.78 is 2.16. The number of hydrogen-bond acceptors (Lipinski definition) is 2. The van der Waals surface area contributed by atoms with Crippen LogP contribution in [0.15, 0.2) is 47.6 Å². The van der Waals surface area contributed by atoms with Crippen molar-refractivity contribution in [1.82, 2.24) is 9.55 Å². The Bertz CT molecular complexity index is 712. The molecular formula is C14H10N2S. The fraction of sp³-hybridized carbons (Fsp3) is 0.0714. The Kier molecular flexibility index (Phi) is 1.85. The van der Waals surface area contributed by atoms with Crippen LogP contribution in [0.25, 0.3) is 28.4 Å². The van der Waals surface area contributed by atoms with E-state index in [0.29, 0.717) is 0 Å². The lowest BCUT2D eigenvalue weighted by molar-refractivity contribution is 0.960. The normalized spacial score (nSPS) is 14.4. The van der Waals surface area contributed by atoms with Crippen LogP contribution in [0.3, 0.4) is 0 Å². The van der Waals surface area contributed by atoms with Gasteiger partial charge in [-0.3, -0.25) is 0 Å². The standard InChI is InChI=1S/C14H10N2S/c1-2-5-12-10(4-1)11-6-8-16-7-3-9-17-14(16)13(11)15-12/h1-8H,9H2. The first-order chi connectivity index (χ1) is 8.43. The minimum Gasteiger partial charge on any atom is -0.317 e. The van der Waals surface area contributed by atoms with E-state index < -0.39 is 0 Å². The lowest BCUT2D eigenvalue weighted by Crippen LogP contribution is -2.01. The Hall–Kier alpha value is -1.74. The molecule has 0 saturated carbocycles. The van der Waals surface area contributed by atoms with Crippen molar-refractivity contribution in [2.45, 2.75) is 5.03 Å². The molecule has 0 aliphatic carbocycles. The minimum atomic E-state index is 1.03. The van der Waals surface area contributed by atoms with Crippen molar-refractivity contribution in [2.24, 2.45) is 0 Å². The summed E-state index contributed by atoms with van der Waals surface area (Å²) >= 11 is 1.85. The van der Waals surface area contributed by atoms with E-state index in [1.165, 1.54) is 16.0 Å². The number of thioether (sulfide) groups is 1. The highest BCUT2D eigenvalue weighted by atomic mass is 32.2. The molecular weight excluding hydrogens is 228 g/mol. The van der Waals surface area contributed by atoms with E-state index in [2.05, 4.69) is 47.3 Å². The summed E-state index contributed by atoms with van der Waals surface area (Å²) in [5.74, 6) is 1.03. The maximum absolute atomic E-state index is 4.75. The molecule has 3 heteroatoms. The molecule has 4 rings (SSSR count). The lowest BCUT2D eigenvalue weighted by Gasteiger charge is -2.15. The topological polar surface area (TPSA) is 17.8 Å². The first kappa shape index (κ1) is 9.31. The third-order valence-corrected chi connectivity index (χ3v) is 4.14. The SMILES string of the molecule is C1=Cn2ccc3c4ccccc4nc-3c2SC1. The van der Waals surface area contributed by atoms with Crippen LogP contribution in [-0.2, 0) is 0 Å². The quantitative estimate of drug-likeness (QED) is 0.594. The zero-order valence-corrected chi connectivity index (χ0v) is 9.95. The first-order valence-corrected chi connectivity index (χ1v) is 6.61. The van der Waals surface area contributed by atoms with Gasteiger partial charge in [0, 0.05) is 29.1 Å². The smallest absolute Gasteiger partial charge is 0.106 e. The van der Waals surface area contributed by atoms with E-state index in [-0.39, 0.29) is 0 Å². The van der Waals surface area contributed by atoms with Gasteiger partial charge in [0.25, 0.3) is 0 Å². The maximum Gasteiger partial charge on any atom is 0.106 e. The zero-order valence-electron chi connectivity index (χ0n) is 9.13. The maximum atomic E-state index is 4.75. The summed E-state index contributed by atoms with van der Waals surface area (Å²) in [7, 11) is 0. The fourth-order valence-electron chi connectivity index (χ4n) is 2.33. The molecule has 2 nitrogen and oxygen atoms in total. The predicted molar refractivity (Wildman–Crippen MR) is 72.4 cm³/mol. The van der Waals surface area contributed by atoms with Gasteiger partial charge in [0.2, 0.25) is 0 Å². The molecule has 1 aromatic carbocycles. The highest BCUT2D eigenvalue weighted by Crippen LogP contribution is 2.38. The van der Waals surface area contributed by atoms with E-state index in [4.69, 9.17) is 4.98 Å². The summed E-state index contributed by atoms with van der Waals surface area (Å²) in [5.41, 5.74) is 3.48. The van der Waals surface area contributed by atoms with Crippen molar-refractivity contribution in [3.63, 3.8) is 0 Å². The number of fused-ring (bicyclic) bond motifs is 5. The molecule has 0 amide bonds. The Labute approximate surface area is 103 Å². The average Bonchev–Trinajstić information content (AvgIpc) is 2.78. The molecule has 3 aliphatic rings. The molecule has 0 aromatic heterocycles. The van der Waals surface area contributed by atoms with E-state index in [1.807, 2.05) is 17.8 Å². The summed E-state index contributed by atoms with van der Waals surface area (Å²) in [6, 6.07) is 10.5. The van der Waals surface area contributed by atoms with Gasteiger partial charge in [0.1, 0.15) is 10.7 Å². The van der Waals surface area contributed by atoms with E-state index in [1.54, 1.807) is 0 Å². The second-order valence-electron chi connectivity index (χ2n) is 4.12. The molecule has 0 bridgehead atoms. The third-order valence-electron chi connectivity index (χ3n) is 3.10. The van der Waals surface area contributed by atoms with Gasteiger partial charge >= 0.3 is 0 Å². The highest BCUT2D eigenvalue weighted by molar-refractivity contribution is 7.99. The van der Waals surface area contributed by atoms with Gasteiger partial charge < -0.3 is 4.57 Å². The minimum absolute atomic E-state index is 1.03. The van der Waals surface area contributed by atoms with Crippen molar-refractivity contribution in [3.8, 4) is 11.3 Å². The Morgan fingerprint density at radius 1 is 1.18 bits per heavy atom. The average molecular weight is 238 g/mol. The van der Waals surface area contributed by atoms with Crippen molar-refractivity contribution in [3.05, 3.63) is 42.6 Å². The van der Waals surface area contributed by atoms with Crippen LogP contribution >= 0.6 is 11.8 Å². The molecule has 0 unspecified atom stereocenters. The van der Waals surface area contributed by atoms with Gasteiger partial charge in [-0.25, -0.2) is 4.98 Å². The Morgan fingerprint density at radius 3 is 3.12 bits per heavy atom. The molecule has 0 fully saturated rings. The van der Waals surface area contributed by atoms with Crippen LogP contribution in [-0.4, -0.2) is 15.3 Å². The summed E-state index contributed by atoms with van der Waals surface area (Å²) in [6.45, 7) is 0. The van der Waals surface area contributed by atoms with Crippen molar-refractivity contribution in [1.29, 1.82) is 0 Å². The third kappa shape index (κ3) is 1.26. The number of benzene rings is 1. The summed E-state index contributed by atoms with van der Waals surface area (Å²) in [4.78, 5) is 4.75. The number of rotatable bonds is 0. The number of hydrogen-bond donors (Lipinski definition) is 0. The monoisotopic (exact) mass is 238 g/mol. The molecule has 17 heavy (non-hydrogen) atoms. The van der Waals surface area contributed by atoms with Crippen LogP contribution in [0.5, 0.6) is 0 Å².